The molecule has 0 atom stereocenters. The molecule has 0 amide bonds. The van der Waals surface area contributed by atoms with Gasteiger partial charge in [-0.3, -0.25) is 4.98 Å². The summed E-state index contributed by atoms with van der Waals surface area (Å²) in [4.78, 5) is 4.32. The fourth-order valence-corrected chi connectivity index (χ4v) is 2.55. The number of aryl methyl sites for hydroxylation is 3. The molecule has 2 aromatic rings. The number of allylic oxidation sites excluding steroid dienone is 1. The molecule has 6 heteroatoms. The zero-order valence-electron chi connectivity index (χ0n) is 14.4. The van der Waals surface area contributed by atoms with Crippen LogP contribution in [0, 0.1) is 52.9 Å². The molecule has 2 radical (unpaired) electrons. The smallest absolute Gasteiger partial charge is 0.374 e. The van der Waals surface area contributed by atoms with Gasteiger partial charge in [-0.1, -0.05) is 0 Å². The summed E-state index contributed by atoms with van der Waals surface area (Å²) in [5, 5.41) is 14.1. The molecule has 0 saturated heterocycles. The average Bonchev–Trinajstić information content (AvgIpc) is 2.78. The first-order valence-electron chi connectivity index (χ1n) is 7.30. The van der Waals surface area contributed by atoms with Gasteiger partial charge >= 0.3 is 8.05 Å². The van der Waals surface area contributed by atoms with Crippen LogP contribution in [-0.4, -0.2) is 22.8 Å². The summed E-state index contributed by atoms with van der Waals surface area (Å²) in [6.07, 6.45) is 1.75. The maximum absolute atomic E-state index is 9.70. The van der Waals surface area contributed by atoms with Crippen LogP contribution in [-0.2, 0) is 4.65 Å². The lowest BCUT2D eigenvalue weighted by molar-refractivity contribution is 0.568. The molecular formula is C17H19BN4O. The van der Waals surface area contributed by atoms with Gasteiger partial charge in [0.15, 0.2) is 5.70 Å². The number of rotatable bonds is 3. The standard InChI is InChI=1S/C17H19BN4O/c1-9-8-20-12(4)11(3)16(9)17(23-18)15(7-19)22-14(6)10(2)13(5)21-22/h8H,1-6H3. The van der Waals surface area contributed by atoms with Crippen LogP contribution in [0.2, 0.25) is 0 Å². The van der Waals surface area contributed by atoms with Gasteiger partial charge in [-0.25, -0.2) is 4.68 Å². The molecule has 0 fully saturated rings. The van der Waals surface area contributed by atoms with Gasteiger partial charge in [0, 0.05) is 23.1 Å². The van der Waals surface area contributed by atoms with Gasteiger partial charge in [0.2, 0.25) is 0 Å². The Balaban J connectivity index is 2.85. The Kier molecular flexibility index (Phi) is 4.60. The van der Waals surface area contributed by atoms with Crippen LogP contribution in [0.15, 0.2) is 6.20 Å². The lowest BCUT2D eigenvalue weighted by Gasteiger charge is -2.17. The summed E-state index contributed by atoms with van der Waals surface area (Å²) in [6.45, 7) is 11.5. The van der Waals surface area contributed by atoms with Crippen molar-refractivity contribution in [2.75, 3.05) is 0 Å². The zero-order chi connectivity index (χ0) is 17.3. The van der Waals surface area contributed by atoms with Crippen LogP contribution < -0.4 is 0 Å². The summed E-state index contributed by atoms with van der Waals surface area (Å²) in [6, 6.07) is 2.18. The SMILES string of the molecule is [B]OC(=C(C#N)n1nc(C)c(C)c1C)c1c(C)cnc(C)c1C. The molecule has 2 heterocycles. The lowest BCUT2D eigenvalue weighted by Crippen LogP contribution is -2.08. The molecule has 0 N–H and O–H groups in total. The number of aromatic nitrogens is 3. The number of pyridine rings is 1. The van der Waals surface area contributed by atoms with E-state index in [-0.39, 0.29) is 5.70 Å². The monoisotopic (exact) mass is 306 g/mol. The third-order valence-corrected chi connectivity index (χ3v) is 4.29. The van der Waals surface area contributed by atoms with E-state index in [9.17, 15) is 5.26 Å². The van der Waals surface area contributed by atoms with Crippen molar-refractivity contribution in [2.24, 2.45) is 0 Å². The average molecular weight is 306 g/mol. The first kappa shape index (κ1) is 16.8. The minimum Gasteiger partial charge on any atom is -0.565 e. The van der Waals surface area contributed by atoms with E-state index < -0.39 is 0 Å². The van der Waals surface area contributed by atoms with E-state index >= 15 is 0 Å². The van der Waals surface area contributed by atoms with E-state index in [2.05, 4.69) is 16.2 Å². The molecule has 0 bridgehead atoms. The minimum atomic E-state index is 0.262. The molecule has 0 aliphatic carbocycles. The molecule has 0 aliphatic rings. The number of hydrogen-bond donors (Lipinski definition) is 0. The fourth-order valence-electron chi connectivity index (χ4n) is 2.55. The van der Waals surface area contributed by atoms with Crippen LogP contribution in [0.5, 0.6) is 0 Å². The van der Waals surface area contributed by atoms with Crippen molar-refractivity contribution in [1.82, 2.24) is 14.8 Å². The van der Waals surface area contributed by atoms with Gasteiger partial charge in [0.25, 0.3) is 0 Å². The highest BCUT2D eigenvalue weighted by Gasteiger charge is 2.20. The third-order valence-electron chi connectivity index (χ3n) is 4.29. The highest BCUT2D eigenvalue weighted by atomic mass is 16.4. The normalized spacial score (nSPS) is 11.9. The van der Waals surface area contributed by atoms with E-state index in [0.717, 1.165) is 39.3 Å². The van der Waals surface area contributed by atoms with Gasteiger partial charge in [0.05, 0.1) is 5.69 Å². The molecular weight excluding hydrogens is 287 g/mol. The minimum absolute atomic E-state index is 0.262. The van der Waals surface area contributed by atoms with E-state index in [1.54, 1.807) is 10.9 Å². The Labute approximate surface area is 138 Å². The number of nitriles is 1. The number of nitrogens with zero attached hydrogens (tertiary/aromatic N) is 4. The van der Waals surface area contributed by atoms with Crippen molar-refractivity contribution in [1.29, 1.82) is 5.26 Å². The second-order valence-corrected chi connectivity index (χ2v) is 5.64. The van der Waals surface area contributed by atoms with E-state index in [1.165, 1.54) is 0 Å². The molecule has 0 aliphatic heterocycles. The molecule has 0 aromatic carbocycles. The van der Waals surface area contributed by atoms with Gasteiger partial charge in [-0.15, -0.1) is 0 Å². The Morgan fingerprint density at radius 1 is 1.13 bits per heavy atom. The van der Waals surface area contributed by atoms with Gasteiger partial charge < -0.3 is 4.65 Å². The Morgan fingerprint density at radius 3 is 2.26 bits per heavy atom. The summed E-state index contributed by atoms with van der Waals surface area (Å²) < 4.78 is 6.72. The molecule has 0 spiro atoms. The highest BCUT2D eigenvalue weighted by molar-refractivity contribution is 6.05. The highest BCUT2D eigenvalue weighted by Crippen LogP contribution is 2.30. The summed E-state index contributed by atoms with van der Waals surface area (Å²) in [5.41, 5.74) is 6.51. The van der Waals surface area contributed by atoms with Crippen LogP contribution in [0.1, 0.15) is 39.3 Å². The van der Waals surface area contributed by atoms with E-state index in [4.69, 9.17) is 12.7 Å². The summed E-state index contributed by atoms with van der Waals surface area (Å²) in [7, 11) is 5.53. The quantitative estimate of drug-likeness (QED) is 0.496. The molecule has 5 nitrogen and oxygen atoms in total. The number of hydrogen-bond acceptors (Lipinski definition) is 4. The summed E-state index contributed by atoms with van der Waals surface area (Å²) in [5.74, 6) is 0.304. The maximum atomic E-state index is 9.70. The van der Waals surface area contributed by atoms with Crippen molar-refractivity contribution in [3.63, 3.8) is 0 Å². The summed E-state index contributed by atoms with van der Waals surface area (Å²) >= 11 is 0. The van der Waals surface area contributed by atoms with Crippen molar-refractivity contribution >= 4 is 19.5 Å². The van der Waals surface area contributed by atoms with Crippen LogP contribution in [0.4, 0.5) is 0 Å². The van der Waals surface area contributed by atoms with Crippen LogP contribution in [0.25, 0.3) is 11.5 Å². The molecule has 0 unspecified atom stereocenters. The molecule has 116 valence electrons. The largest absolute Gasteiger partial charge is 0.565 e. The van der Waals surface area contributed by atoms with Crippen molar-refractivity contribution in [2.45, 2.75) is 41.5 Å². The Morgan fingerprint density at radius 2 is 1.78 bits per heavy atom. The van der Waals surface area contributed by atoms with Gasteiger partial charge in [0.1, 0.15) is 11.8 Å². The molecule has 0 saturated carbocycles. The maximum Gasteiger partial charge on any atom is 0.374 e. The van der Waals surface area contributed by atoms with Gasteiger partial charge in [-0.2, -0.15) is 10.4 Å². The van der Waals surface area contributed by atoms with Crippen LogP contribution in [0.3, 0.4) is 0 Å². The Bertz CT molecular complexity index is 843. The second-order valence-electron chi connectivity index (χ2n) is 5.64. The predicted octanol–water partition coefficient (Wildman–Crippen LogP) is 3.08. The van der Waals surface area contributed by atoms with E-state index in [1.807, 2.05) is 41.5 Å². The zero-order valence-corrected chi connectivity index (χ0v) is 14.4. The molecule has 23 heavy (non-hydrogen) atoms. The molecule has 2 rings (SSSR count). The van der Waals surface area contributed by atoms with Crippen molar-refractivity contribution < 1.29 is 4.65 Å². The topological polar surface area (TPSA) is 63.7 Å². The van der Waals surface area contributed by atoms with Crippen molar-refractivity contribution in [3.05, 3.63) is 45.5 Å². The fraction of sp³-hybridized carbons (Fsp3) is 0.353. The molecule has 2 aromatic heterocycles. The van der Waals surface area contributed by atoms with Gasteiger partial charge in [-0.05, 0) is 58.2 Å². The first-order valence-corrected chi connectivity index (χ1v) is 7.30. The predicted molar refractivity (Wildman–Crippen MR) is 90.4 cm³/mol. The third kappa shape index (κ3) is 2.75. The lowest BCUT2D eigenvalue weighted by atomic mass is 10.00. The first-order chi connectivity index (χ1) is 10.8. The second kappa shape index (κ2) is 6.29. The van der Waals surface area contributed by atoms with Crippen molar-refractivity contribution in [3.8, 4) is 6.07 Å². The Hall–Kier alpha value is -2.55. The van der Waals surface area contributed by atoms with Crippen LogP contribution >= 0.6 is 0 Å². The van der Waals surface area contributed by atoms with E-state index in [0.29, 0.717) is 5.76 Å².